The van der Waals surface area contributed by atoms with Crippen LogP contribution in [-0.4, -0.2) is 48.3 Å². The van der Waals surface area contributed by atoms with Crippen molar-refractivity contribution in [3.05, 3.63) is 47.0 Å². The summed E-state index contributed by atoms with van der Waals surface area (Å²) < 4.78 is 18.1. The van der Waals surface area contributed by atoms with E-state index in [1.54, 1.807) is 11.4 Å². The molecule has 1 amide bonds. The van der Waals surface area contributed by atoms with Crippen molar-refractivity contribution >= 4 is 29.5 Å². The SMILES string of the molecule is CC(=O)Oc1ccc(C2(C)OC(c3nc4nc(C)cc(C)n4n3)=NN2C(C)=O)c(OC(C)=O)c1. The predicted molar refractivity (Wildman–Crippen MR) is 117 cm³/mol. The Hall–Kier alpha value is -4.35. The Morgan fingerprint density at radius 2 is 1.71 bits per heavy atom. The first-order valence-electron chi connectivity index (χ1n) is 10.3. The van der Waals surface area contributed by atoms with Gasteiger partial charge in [0.15, 0.2) is 0 Å². The number of amides is 1. The second-order valence-electron chi connectivity index (χ2n) is 7.85. The van der Waals surface area contributed by atoms with E-state index in [1.807, 2.05) is 19.9 Å². The largest absolute Gasteiger partial charge is 0.441 e. The third-order valence-electron chi connectivity index (χ3n) is 4.97. The molecule has 34 heavy (non-hydrogen) atoms. The molecule has 0 spiro atoms. The van der Waals surface area contributed by atoms with E-state index < -0.39 is 23.6 Å². The van der Waals surface area contributed by atoms with E-state index in [9.17, 15) is 14.4 Å². The maximum absolute atomic E-state index is 12.5. The van der Waals surface area contributed by atoms with Crippen LogP contribution in [0.3, 0.4) is 0 Å². The standard InChI is InChI=1S/C22H22N6O6/c1-11-9-12(2)27-21(23-11)24-19(25-27)20-26-28(13(3)29)22(6,34-20)17-8-7-16(32-14(4)30)10-18(17)33-15(5)31/h7-10H,1-6H3. The second kappa shape index (κ2) is 8.21. The zero-order chi connectivity index (χ0) is 24.8. The van der Waals surface area contributed by atoms with Gasteiger partial charge in [-0.05, 0) is 32.0 Å². The summed E-state index contributed by atoms with van der Waals surface area (Å²) in [6.45, 7) is 9.08. The molecule has 176 valence electrons. The van der Waals surface area contributed by atoms with E-state index in [0.29, 0.717) is 11.3 Å². The highest BCUT2D eigenvalue weighted by molar-refractivity contribution is 5.94. The van der Waals surface area contributed by atoms with Gasteiger partial charge in [0.25, 0.3) is 11.7 Å². The summed E-state index contributed by atoms with van der Waals surface area (Å²) in [6.07, 6.45) is 0. The van der Waals surface area contributed by atoms with Crippen LogP contribution in [0.5, 0.6) is 11.5 Å². The zero-order valence-corrected chi connectivity index (χ0v) is 19.4. The first kappa shape index (κ1) is 22.8. The third-order valence-corrected chi connectivity index (χ3v) is 4.97. The number of aromatic nitrogens is 4. The summed E-state index contributed by atoms with van der Waals surface area (Å²) >= 11 is 0. The van der Waals surface area contributed by atoms with E-state index in [4.69, 9.17) is 14.2 Å². The van der Waals surface area contributed by atoms with Gasteiger partial charge >= 0.3 is 11.9 Å². The van der Waals surface area contributed by atoms with Gasteiger partial charge in [0.05, 0.1) is 5.56 Å². The highest BCUT2D eigenvalue weighted by atomic mass is 16.6. The quantitative estimate of drug-likeness (QED) is 0.417. The monoisotopic (exact) mass is 466 g/mol. The first-order chi connectivity index (χ1) is 16.0. The fourth-order valence-corrected chi connectivity index (χ4v) is 3.68. The van der Waals surface area contributed by atoms with Crippen molar-refractivity contribution in [1.82, 2.24) is 24.6 Å². The molecule has 12 nitrogen and oxygen atoms in total. The van der Waals surface area contributed by atoms with Crippen molar-refractivity contribution in [2.75, 3.05) is 0 Å². The average molecular weight is 466 g/mol. The topological polar surface area (TPSA) is 138 Å². The number of fused-ring (bicyclic) bond motifs is 1. The van der Waals surface area contributed by atoms with Crippen LogP contribution >= 0.6 is 0 Å². The van der Waals surface area contributed by atoms with E-state index in [0.717, 1.165) is 16.4 Å². The molecule has 1 aliphatic heterocycles. The lowest BCUT2D eigenvalue weighted by atomic mass is 10.0. The minimum atomic E-state index is -1.52. The van der Waals surface area contributed by atoms with Crippen molar-refractivity contribution in [1.29, 1.82) is 0 Å². The van der Waals surface area contributed by atoms with Crippen molar-refractivity contribution in [3.63, 3.8) is 0 Å². The van der Waals surface area contributed by atoms with E-state index in [1.165, 1.54) is 39.0 Å². The summed E-state index contributed by atoms with van der Waals surface area (Å²) in [7, 11) is 0. The number of nitrogens with zero attached hydrogens (tertiary/aromatic N) is 6. The maximum Gasteiger partial charge on any atom is 0.308 e. The predicted octanol–water partition coefficient (Wildman–Crippen LogP) is 2.00. The minimum Gasteiger partial charge on any atom is -0.441 e. The van der Waals surface area contributed by atoms with Gasteiger partial charge in [-0.15, -0.1) is 10.2 Å². The Labute approximate surface area is 194 Å². The molecular formula is C22H22N6O6. The van der Waals surface area contributed by atoms with Crippen LogP contribution in [0, 0.1) is 13.8 Å². The molecule has 0 aliphatic carbocycles. The molecule has 0 fully saturated rings. The fraction of sp³-hybridized carbons (Fsp3) is 0.318. The van der Waals surface area contributed by atoms with Gasteiger partial charge in [-0.25, -0.2) is 9.50 Å². The average Bonchev–Trinajstić information content (AvgIpc) is 3.29. The summed E-state index contributed by atoms with van der Waals surface area (Å²) in [6, 6.07) is 6.23. The second-order valence-corrected chi connectivity index (χ2v) is 7.85. The molecular weight excluding hydrogens is 444 g/mol. The molecule has 1 unspecified atom stereocenters. The Morgan fingerprint density at radius 3 is 2.35 bits per heavy atom. The summed E-state index contributed by atoms with van der Waals surface area (Å²) in [5, 5.41) is 9.83. The van der Waals surface area contributed by atoms with Crippen molar-refractivity contribution < 1.29 is 28.6 Å². The van der Waals surface area contributed by atoms with Crippen LogP contribution in [0.2, 0.25) is 0 Å². The van der Waals surface area contributed by atoms with Crippen molar-refractivity contribution in [2.24, 2.45) is 5.10 Å². The molecule has 12 heteroatoms. The summed E-state index contributed by atoms with van der Waals surface area (Å²) in [5.74, 6) is -0.941. The molecule has 4 rings (SSSR count). The molecule has 3 aromatic rings. The number of hydrogen-bond acceptors (Lipinski definition) is 10. The molecule has 0 bridgehead atoms. The van der Waals surface area contributed by atoms with E-state index >= 15 is 0 Å². The molecule has 1 atom stereocenters. The minimum absolute atomic E-state index is 0.0157. The highest BCUT2D eigenvalue weighted by Gasteiger charge is 2.48. The molecule has 3 heterocycles. The molecule has 0 N–H and O–H groups in total. The lowest BCUT2D eigenvalue weighted by Gasteiger charge is -2.32. The van der Waals surface area contributed by atoms with Gasteiger partial charge < -0.3 is 14.2 Å². The Bertz CT molecular complexity index is 1380. The Morgan fingerprint density at radius 1 is 1.00 bits per heavy atom. The lowest BCUT2D eigenvalue weighted by molar-refractivity contribution is -0.146. The molecule has 0 radical (unpaired) electrons. The van der Waals surface area contributed by atoms with Crippen LogP contribution in [-0.2, 0) is 24.8 Å². The normalized spacial score (nSPS) is 17.4. The first-order valence-corrected chi connectivity index (χ1v) is 10.3. The van der Waals surface area contributed by atoms with Crippen LogP contribution < -0.4 is 9.47 Å². The van der Waals surface area contributed by atoms with Crippen LogP contribution in [0.4, 0.5) is 0 Å². The maximum atomic E-state index is 12.5. The van der Waals surface area contributed by atoms with E-state index in [-0.39, 0.29) is 23.2 Å². The number of carbonyl (C=O) groups is 3. The zero-order valence-electron chi connectivity index (χ0n) is 19.4. The smallest absolute Gasteiger partial charge is 0.308 e. The number of hydrogen-bond donors (Lipinski definition) is 0. The van der Waals surface area contributed by atoms with Gasteiger partial charge in [0.2, 0.25) is 17.5 Å². The Kier molecular flexibility index (Phi) is 5.51. The molecule has 2 aromatic heterocycles. The molecule has 0 saturated heterocycles. The number of hydrazone groups is 1. The number of rotatable bonds is 4. The van der Waals surface area contributed by atoms with Crippen LogP contribution in [0.25, 0.3) is 5.78 Å². The van der Waals surface area contributed by atoms with Crippen LogP contribution in [0.15, 0.2) is 29.4 Å². The fourth-order valence-electron chi connectivity index (χ4n) is 3.68. The Balaban J connectivity index is 1.80. The third kappa shape index (κ3) is 4.05. The number of ether oxygens (including phenoxy) is 3. The summed E-state index contributed by atoms with van der Waals surface area (Å²) in [4.78, 5) is 44.4. The molecule has 0 saturated carbocycles. The summed E-state index contributed by atoms with van der Waals surface area (Å²) in [5.41, 5.74) is 0.356. The number of esters is 2. The molecule has 1 aliphatic rings. The highest BCUT2D eigenvalue weighted by Crippen LogP contribution is 2.42. The van der Waals surface area contributed by atoms with E-state index in [2.05, 4.69) is 20.2 Å². The van der Waals surface area contributed by atoms with Gasteiger partial charge in [0, 0.05) is 45.1 Å². The number of aryl methyl sites for hydroxylation is 2. The lowest BCUT2D eigenvalue weighted by Crippen LogP contribution is -2.41. The number of benzene rings is 1. The van der Waals surface area contributed by atoms with Gasteiger partial charge in [-0.3, -0.25) is 14.4 Å². The van der Waals surface area contributed by atoms with Crippen molar-refractivity contribution in [3.8, 4) is 11.5 Å². The van der Waals surface area contributed by atoms with Gasteiger partial charge in [-0.1, -0.05) is 0 Å². The van der Waals surface area contributed by atoms with Gasteiger partial charge in [0.1, 0.15) is 11.5 Å². The number of carbonyl (C=O) groups excluding carboxylic acids is 3. The van der Waals surface area contributed by atoms with Crippen molar-refractivity contribution in [2.45, 2.75) is 47.3 Å². The van der Waals surface area contributed by atoms with Crippen LogP contribution in [0.1, 0.15) is 50.5 Å². The van der Waals surface area contributed by atoms with Gasteiger partial charge in [-0.2, -0.15) is 9.99 Å². The molecule has 1 aromatic carbocycles.